The molecule has 0 amide bonds. The topological polar surface area (TPSA) is 41.6 Å². The van der Waals surface area contributed by atoms with Crippen LogP contribution in [-0.2, 0) is 9.53 Å². The molecule has 0 aliphatic rings. The van der Waals surface area contributed by atoms with Crippen LogP contribution in [0.1, 0.15) is 48.0 Å². The van der Waals surface area contributed by atoms with E-state index in [9.17, 15) is 4.79 Å². The van der Waals surface area contributed by atoms with Crippen molar-refractivity contribution in [2.45, 2.75) is 66.1 Å². The van der Waals surface area contributed by atoms with E-state index in [0.717, 1.165) is 6.42 Å². The molecule has 114 valence electrons. The Hall–Kier alpha value is -0.610. The van der Waals surface area contributed by atoms with Gasteiger partial charge in [-0.05, 0) is 33.2 Å². The van der Waals surface area contributed by atoms with Crippen molar-refractivity contribution in [3.63, 3.8) is 0 Å². The van der Waals surface area contributed by atoms with Gasteiger partial charge in [0.05, 0.1) is 6.61 Å². The lowest BCUT2D eigenvalue weighted by molar-refractivity contribution is -0.146. The number of ether oxygens (including phenoxy) is 1. The largest absolute Gasteiger partial charge is 0.465 e. The van der Waals surface area contributed by atoms with Crippen LogP contribution in [0.15, 0.2) is 0 Å². The van der Waals surface area contributed by atoms with E-state index in [-0.39, 0.29) is 18.1 Å². The smallest absolute Gasteiger partial charge is 0.324 e. The summed E-state index contributed by atoms with van der Waals surface area (Å²) >= 11 is 0. The van der Waals surface area contributed by atoms with E-state index in [1.54, 1.807) is 0 Å². The van der Waals surface area contributed by atoms with Gasteiger partial charge in [-0.3, -0.25) is 4.79 Å². The SMILES string of the molecule is CCOC(=O)C(CN(C)C(C)CC(C)C)NC(C)C. The molecule has 19 heavy (non-hydrogen) atoms. The number of rotatable bonds is 9. The highest BCUT2D eigenvalue weighted by Gasteiger charge is 2.24. The molecule has 0 bridgehead atoms. The summed E-state index contributed by atoms with van der Waals surface area (Å²) in [6, 6.07) is 0.480. The minimum Gasteiger partial charge on any atom is -0.465 e. The van der Waals surface area contributed by atoms with Gasteiger partial charge in [0, 0.05) is 18.6 Å². The molecule has 0 saturated carbocycles. The first kappa shape index (κ1) is 18.4. The van der Waals surface area contributed by atoms with Gasteiger partial charge in [0.1, 0.15) is 6.04 Å². The Kier molecular flexibility index (Phi) is 9.02. The van der Waals surface area contributed by atoms with Crippen molar-refractivity contribution in [2.24, 2.45) is 5.92 Å². The molecule has 0 aromatic rings. The van der Waals surface area contributed by atoms with E-state index in [4.69, 9.17) is 4.74 Å². The Bertz CT molecular complexity index is 255. The van der Waals surface area contributed by atoms with Crippen LogP contribution < -0.4 is 5.32 Å². The lowest BCUT2D eigenvalue weighted by Gasteiger charge is -2.30. The molecule has 0 rings (SSSR count). The molecule has 0 spiro atoms. The molecular weight excluding hydrogens is 240 g/mol. The van der Waals surface area contributed by atoms with Gasteiger partial charge in [0.2, 0.25) is 0 Å². The van der Waals surface area contributed by atoms with Gasteiger partial charge in [0.25, 0.3) is 0 Å². The van der Waals surface area contributed by atoms with Gasteiger partial charge in [-0.25, -0.2) is 0 Å². The molecule has 0 radical (unpaired) electrons. The Morgan fingerprint density at radius 3 is 2.21 bits per heavy atom. The quantitative estimate of drug-likeness (QED) is 0.654. The van der Waals surface area contributed by atoms with Crippen LogP contribution in [0.2, 0.25) is 0 Å². The second-order valence-corrected chi connectivity index (χ2v) is 6.04. The van der Waals surface area contributed by atoms with Crippen molar-refractivity contribution in [3.8, 4) is 0 Å². The van der Waals surface area contributed by atoms with Crippen LogP contribution in [0.25, 0.3) is 0 Å². The van der Waals surface area contributed by atoms with Crippen LogP contribution in [0.3, 0.4) is 0 Å². The maximum absolute atomic E-state index is 11.9. The predicted octanol–water partition coefficient (Wildman–Crippen LogP) is 2.28. The monoisotopic (exact) mass is 272 g/mol. The van der Waals surface area contributed by atoms with Gasteiger partial charge in [-0.2, -0.15) is 0 Å². The molecule has 2 atom stereocenters. The highest BCUT2D eigenvalue weighted by atomic mass is 16.5. The zero-order chi connectivity index (χ0) is 15.0. The maximum Gasteiger partial charge on any atom is 0.324 e. The second kappa shape index (κ2) is 9.32. The zero-order valence-corrected chi connectivity index (χ0v) is 13.7. The Morgan fingerprint density at radius 1 is 1.21 bits per heavy atom. The van der Waals surface area contributed by atoms with E-state index in [1.165, 1.54) is 0 Å². The highest BCUT2D eigenvalue weighted by Crippen LogP contribution is 2.10. The molecule has 1 N–H and O–H groups in total. The number of hydrogen-bond donors (Lipinski definition) is 1. The fourth-order valence-corrected chi connectivity index (χ4v) is 2.17. The molecule has 4 heteroatoms. The van der Waals surface area contributed by atoms with Crippen molar-refractivity contribution >= 4 is 5.97 Å². The summed E-state index contributed by atoms with van der Waals surface area (Å²) < 4.78 is 5.14. The van der Waals surface area contributed by atoms with Gasteiger partial charge in [-0.15, -0.1) is 0 Å². The summed E-state index contributed by atoms with van der Waals surface area (Å²) in [5, 5.41) is 3.29. The van der Waals surface area contributed by atoms with E-state index in [2.05, 4.69) is 38.0 Å². The lowest BCUT2D eigenvalue weighted by Crippen LogP contribution is -2.50. The Labute approximate surface area is 118 Å². The molecule has 4 nitrogen and oxygen atoms in total. The number of carbonyl (C=O) groups is 1. The van der Waals surface area contributed by atoms with Crippen molar-refractivity contribution in [1.82, 2.24) is 10.2 Å². The number of nitrogens with zero attached hydrogens (tertiary/aromatic N) is 1. The van der Waals surface area contributed by atoms with Gasteiger partial charge in [-0.1, -0.05) is 27.7 Å². The first-order valence-corrected chi connectivity index (χ1v) is 7.40. The molecule has 0 aliphatic heterocycles. The minimum absolute atomic E-state index is 0.153. The zero-order valence-electron chi connectivity index (χ0n) is 13.7. The molecule has 0 fully saturated rings. The molecule has 2 unspecified atom stereocenters. The Balaban J connectivity index is 4.48. The van der Waals surface area contributed by atoms with Crippen LogP contribution in [0.5, 0.6) is 0 Å². The van der Waals surface area contributed by atoms with Crippen LogP contribution in [-0.4, -0.2) is 49.2 Å². The normalized spacial score (nSPS) is 15.1. The third-order valence-electron chi connectivity index (χ3n) is 3.14. The van der Waals surface area contributed by atoms with Crippen molar-refractivity contribution < 1.29 is 9.53 Å². The fourth-order valence-electron chi connectivity index (χ4n) is 2.17. The summed E-state index contributed by atoms with van der Waals surface area (Å²) in [6.45, 7) is 13.7. The minimum atomic E-state index is -0.250. The number of nitrogens with one attached hydrogen (secondary N) is 1. The van der Waals surface area contributed by atoms with Crippen molar-refractivity contribution in [3.05, 3.63) is 0 Å². The summed E-state index contributed by atoms with van der Waals surface area (Å²) in [6.07, 6.45) is 1.13. The summed E-state index contributed by atoms with van der Waals surface area (Å²) in [7, 11) is 2.07. The average Bonchev–Trinajstić information content (AvgIpc) is 2.26. The van der Waals surface area contributed by atoms with Crippen molar-refractivity contribution in [1.29, 1.82) is 0 Å². The summed E-state index contributed by atoms with van der Waals surface area (Å²) in [4.78, 5) is 14.2. The van der Waals surface area contributed by atoms with E-state index >= 15 is 0 Å². The number of likely N-dealkylation sites (N-methyl/N-ethyl adjacent to an activating group) is 1. The molecule has 0 aromatic carbocycles. The Morgan fingerprint density at radius 2 is 1.79 bits per heavy atom. The molecule has 0 aliphatic carbocycles. The highest BCUT2D eigenvalue weighted by molar-refractivity contribution is 5.76. The van der Waals surface area contributed by atoms with E-state index in [1.807, 2.05) is 20.8 Å². The summed E-state index contributed by atoms with van der Waals surface area (Å²) in [5.41, 5.74) is 0. The van der Waals surface area contributed by atoms with Crippen molar-refractivity contribution in [2.75, 3.05) is 20.2 Å². The number of esters is 1. The van der Waals surface area contributed by atoms with Crippen LogP contribution >= 0.6 is 0 Å². The summed E-state index contributed by atoms with van der Waals surface area (Å²) in [5.74, 6) is 0.511. The standard InChI is InChI=1S/C15H32N2O2/c1-8-19-15(18)14(16-12(4)5)10-17(7)13(6)9-11(2)3/h11-14,16H,8-10H2,1-7H3. The van der Waals surface area contributed by atoms with Gasteiger partial charge >= 0.3 is 5.97 Å². The fraction of sp³-hybridized carbons (Fsp3) is 0.933. The predicted molar refractivity (Wildman–Crippen MR) is 80.2 cm³/mol. The average molecular weight is 272 g/mol. The molecular formula is C15H32N2O2. The van der Waals surface area contributed by atoms with Gasteiger partial charge in [0.15, 0.2) is 0 Å². The maximum atomic E-state index is 11.9. The molecule has 0 aromatic heterocycles. The second-order valence-electron chi connectivity index (χ2n) is 6.04. The van der Waals surface area contributed by atoms with Gasteiger partial charge < -0.3 is 15.0 Å². The first-order valence-electron chi connectivity index (χ1n) is 7.40. The van der Waals surface area contributed by atoms with E-state index < -0.39 is 0 Å². The molecule has 0 saturated heterocycles. The van der Waals surface area contributed by atoms with Crippen LogP contribution in [0, 0.1) is 5.92 Å². The molecule has 0 heterocycles. The van der Waals surface area contributed by atoms with Crippen LogP contribution in [0.4, 0.5) is 0 Å². The first-order chi connectivity index (χ1) is 8.77. The lowest BCUT2D eigenvalue weighted by atomic mass is 10.0. The third kappa shape index (κ3) is 8.22. The number of carbonyl (C=O) groups excluding carboxylic acids is 1. The van der Waals surface area contributed by atoms with E-state index in [0.29, 0.717) is 25.1 Å². The third-order valence-corrected chi connectivity index (χ3v) is 3.14. The number of hydrogen-bond acceptors (Lipinski definition) is 4.